The van der Waals surface area contributed by atoms with E-state index in [4.69, 9.17) is 4.74 Å². The highest BCUT2D eigenvalue weighted by Gasteiger charge is 2.34. The molecule has 1 aliphatic heterocycles. The van der Waals surface area contributed by atoms with Crippen molar-refractivity contribution in [2.75, 3.05) is 7.11 Å². The fourth-order valence-corrected chi connectivity index (χ4v) is 0.896. The van der Waals surface area contributed by atoms with E-state index in [1.807, 2.05) is 0 Å². The molecule has 2 atom stereocenters. The van der Waals surface area contributed by atoms with Gasteiger partial charge >= 0.3 is 5.97 Å². The number of ether oxygens (including phenoxy) is 2. The maximum absolute atomic E-state index is 10.6. The second-order valence-electron chi connectivity index (χ2n) is 2.43. The Kier molecular flexibility index (Phi) is 2.65. The number of hydrogen-bond acceptors (Lipinski definition) is 3. The van der Waals surface area contributed by atoms with Crippen molar-refractivity contribution in [3.8, 4) is 0 Å². The van der Waals surface area contributed by atoms with Crippen molar-refractivity contribution in [1.82, 2.24) is 0 Å². The van der Waals surface area contributed by atoms with Gasteiger partial charge in [0, 0.05) is 6.08 Å². The Morgan fingerprint density at radius 3 is 2.91 bits per heavy atom. The average molecular weight is 156 g/mol. The Hall–Kier alpha value is -0.830. The van der Waals surface area contributed by atoms with Crippen molar-refractivity contribution in [3.63, 3.8) is 0 Å². The molecule has 0 bridgehead atoms. The molecule has 0 N–H and O–H groups in total. The first-order valence-corrected chi connectivity index (χ1v) is 3.69. The standard InChI is InChI=1S/C8H12O3/c1-3-6-7(11-6)4-5-8(9)10-2/h4-7H,3H2,1-2H3/b5-4+/t6-,7-/m0/s1. The Morgan fingerprint density at radius 1 is 1.73 bits per heavy atom. The Morgan fingerprint density at radius 2 is 2.45 bits per heavy atom. The smallest absolute Gasteiger partial charge is 0.330 e. The van der Waals surface area contributed by atoms with Crippen LogP contribution in [-0.4, -0.2) is 25.3 Å². The summed E-state index contributed by atoms with van der Waals surface area (Å²) >= 11 is 0. The lowest BCUT2D eigenvalue weighted by Gasteiger charge is -1.86. The van der Waals surface area contributed by atoms with Crippen LogP contribution in [0.5, 0.6) is 0 Å². The van der Waals surface area contributed by atoms with E-state index in [0.29, 0.717) is 6.10 Å². The molecule has 1 saturated heterocycles. The third kappa shape index (κ3) is 2.35. The summed E-state index contributed by atoms with van der Waals surface area (Å²) in [5, 5.41) is 0. The van der Waals surface area contributed by atoms with Crippen molar-refractivity contribution in [2.24, 2.45) is 0 Å². The lowest BCUT2D eigenvalue weighted by Crippen LogP contribution is -1.95. The molecule has 0 aliphatic carbocycles. The van der Waals surface area contributed by atoms with Gasteiger partial charge in [-0.15, -0.1) is 0 Å². The van der Waals surface area contributed by atoms with Gasteiger partial charge in [0.25, 0.3) is 0 Å². The van der Waals surface area contributed by atoms with Crippen LogP contribution in [-0.2, 0) is 14.3 Å². The normalized spacial score (nSPS) is 28.9. The number of esters is 1. The molecule has 11 heavy (non-hydrogen) atoms. The number of epoxide rings is 1. The minimum atomic E-state index is -0.324. The maximum atomic E-state index is 10.6. The van der Waals surface area contributed by atoms with E-state index in [-0.39, 0.29) is 12.1 Å². The SMILES string of the molecule is CC[C@@H]1O[C@H]1/C=C/C(=O)OC. The summed E-state index contributed by atoms with van der Waals surface area (Å²) in [4.78, 5) is 10.6. The van der Waals surface area contributed by atoms with E-state index in [9.17, 15) is 4.79 Å². The molecule has 1 heterocycles. The highest BCUT2D eigenvalue weighted by Crippen LogP contribution is 2.25. The van der Waals surface area contributed by atoms with Crippen LogP contribution >= 0.6 is 0 Å². The number of methoxy groups -OCH3 is 1. The summed E-state index contributed by atoms with van der Waals surface area (Å²) in [6.45, 7) is 2.05. The summed E-state index contributed by atoms with van der Waals surface area (Å²) in [5.41, 5.74) is 0. The predicted octanol–water partition coefficient (Wildman–Crippen LogP) is 0.893. The molecule has 3 nitrogen and oxygen atoms in total. The quantitative estimate of drug-likeness (QED) is 0.346. The van der Waals surface area contributed by atoms with Crippen LogP contribution in [0.4, 0.5) is 0 Å². The number of carbonyl (C=O) groups is 1. The van der Waals surface area contributed by atoms with E-state index in [1.54, 1.807) is 6.08 Å². The van der Waals surface area contributed by atoms with Gasteiger partial charge in [-0.1, -0.05) is 6.92 Å². The molecule has 1 aliphatic rings. The number of hydrogen-bond donors (Lipinski definition) is 0. The minimum Gasteiger partial charge on any atom is -0.466 e. The first-order chi connectivity index (χ1) is 5.27. The zero-order chi connectivity index (χ0) is 8.27. The van der Waals surface area contributed by atoms with E-state index >= 15 is 0 Å². The fraction of sp³-hybridized carbons (Fsp3) is 0.625. The number of rotatable bonds is 3. The molecule has 0 amide bonds. The molecule has 62 valence electrons. The molecule has 0 spiro atoms. The molecule has 0 aromatic rings. The average Bonchev–Trinajstić information content (AvgIpc) is 2.78. The van der Waals surface area contributed by atoms with Crippen LogP contribution in [0.3, 0.4) is 0 Å². The van der Waals surface area contributed by atoms with Gasteiger partial charge in [0.15, 0.2) is 0 Å². The van der Waals surface area contributed by atoms with Crippen LogP contribution in [0, 0.1) is 0 Å². The van der Waals surface area contributed by atoms with Gasteiger partial charge in [0.2, 0.25) is 0 Å². The van der Waals surface area contributed by atoms with Crippen LogP contribution in [0.25, 0.3) is 0 Å². The minimum absolute atomic E-state index is 0.138. The van der Waals surface area contributed by atoms with Crippen LogP contribution < -0.4 is 0 Å². The molecular formula is C8H12O3. The first-order valence-electron chi connectivity index (χ1n) is 3.69. The molecular weight excluding hydrogens is 144 g/mol. The second-order valence-corrected chi connectivity index (χ2v) is 2.43. The van der Waals surface area contributed by atoms with Crippen molar-refractivity contribution in [1.29, 1.82) is 0 Å². The Balaban J connectivity index is 2.22. The summed E-state index contributed by atoms with van der Waals surface area (Å²) in [6, 6.07) is 0. The van der Waals surface area contributed by atoms with Crippen molar-refractivity contribution in [2.45, 2.75) is 25.6 Å². The maximum Gasteiger partial charge on any atom is 0.330 e. The van der Waals surface area contributed by atoms with Gasteiger partial charge in [-0.05, 0) is 12.5 Å². The third-order valence-corrected chi connectivity index (χ3v) is 1.65. The summed E-state index contributed by atoms with van der Waals surface area (Å²) in [6.07, 6.45) is 4.59. The fourth-order valence-electron chi connectivity index (χ4n) is 0.896. The molecule has 1 fully saturated rings. The lowest BCUT2D eigenvalue weighted by atomic mass is 10.2. The predicted molar refractivity (Wildman–Crippen MR) is 40.1 cm³/mol. The molecule has 1 rings (SSSR count). The zero-order valence-electron chi connectivity index (χ0n) is 6.74. The van der Waals surface area contributed by atoms with Crippen molar-refractivity contribution < 1.29 is 14.3 Å². The van der Waals surface area contributed by atoms with Gasteiger partial charge in [0.1, 0.15) is 6.10 Å². The Labute approximate surface area is 66.0 Å². The lowest BCUT2D eigenvalue weighted by molar-refractivity contribution is -0.134. The number of carbonyl (C=O) groups excluding carboxylic acids is 1. The van der Waals surface area contributed by atoms with Crippen molar-refractivity contribution >= 4 is 5.97 Å². The largest absolute Gasteiger partial charge is 0.466 e. The summed E-state index contributed by atoms with van der Waals surface area (Å²) in [7, 11) is 1.36. The summed E-state index contributed by atoms with van der Waals surface area (Å²) in [5.74, 6) is -0.324. The molecule has 0 aromatic heterocycles. The van der Waals surface area contributed by atoms with E-state index in [2.05, 4.69) is 11.7 Å². The van der Waals surface area contributed by atoms with Crippen molar-refractivity contribution in [3.05, 3.63) is 12.2 Å². The first kappa shape index (κ1) is 8.27. The van der Waals surface area contributed by atoms with Gasteiger partial charge in [-0.2, -0.15) is 0 Å². The van der Waals surface area contributed by atoms with Gasteiger partial charge in [-0.3, -0.25) is 0 Å². The zero-order valence-corrected chi connectivity index (χ0v) is 6.74. The van der Waals surface area contributed by atoms with Gasteiger partial charge < -0.3 is 9.47 Å². The highest BCUT2D eigenvalue weighted by atomic mass is 16.6. The topological polar surface area (TPSA) is 38.8 Å². The van der Waals surface area contributed by atoms with Crippen LogP contribution in [0.2, 0.25) is 0 Å². The summed E-state index contributed by atoms with van der Waals surface area (Å²) < 4.78 is 9.58. The van der Waals surface area contributed by atoms with Gasteiger partial charge in [-0.25, -0.2) is 4.79 Å². The second kappa shape index (κ2) is 3.53. The van der Waals surface area contributed by atoms with Crippen LogP contribution in [0.15, 0.2) is 12.2 Å². The monoisotopic (exact) mass is 156 g/mol. The molecule has 0 unspecified atom stereocenters. The third-order valence-electron chi connectivity index (χ3n) is 1.65. The van der Waals surface area contributed by atoms with Gasteiger partial charge in [0.05, 0.1) is 13.2 Å². The van der Waals surface area contributed by atoms with E-state index in [1.165, 1.54) is 13.2 Å². The van der Waals surface area contributed by atoms with E-state index in [0.717, 1.165) is 6.42 Å². The highest BCUT2D eigenvalue weighted by molar-refractivity contribution is 5.81. The van der Waals surface area contributed by atoms with Crippen LogP contribution in [0.1, 0.15) is 13.3 Å². The molecule has 0 saturated carbocycles. The molecule has 0 aromatic carbocycles. The molecule has 3 heteroatoms. The van der Waals surface area contributed by atoms with E-state index < -0.39 is 0 Å². The molecule has 0 radical (unpaired) electrons. The Bertz CT molecular complexity index is 174.